The first kappa shape index (κ1) is 14.2. The Morgan fingerprint density at radius 3 is 2.91 bits per heavy atom. The zero-order chi connectivity index (χ0) is 15.8. The summed E-state index contributed by atoms with van der Waals surface area (Å²) in [5.41, 5.74) is 3.42. The van der Waals surface area contributed by atoms with Crippen molar-refractivity contribution < 1.29 is 0 Å². The average molecular weight is 308 g/mol. The van der Waals surface area contributed by atoms with Gasteiger partial charge in [-0.25, -0.2) is 4.79 Å². The molecule has 3 aromatic rings. The molecule has 0 radical (unpaired) electrons. The monoisotopic (exact) mass is 308 g/mol. The number of aryl methyl sites for hydroxylation is 1. The number of hydrogen-bond donors (Lipinski definition) is 0. The second kappa shape index (κ2) is 5.66. The van der Waals surface area contributed by atoms with Crippen molar-refractivity contribution in [2.45, 2.75) is 32.0 Å². The Balaban J connectivity index is 1.64. The van der Waals surface area contributed by atoms with Gasteiger partial charge in [0.2, 0.25) is 0 Å². The molecule has 0 spiro atoms. The van der Waals surface area contributed by atoms with Crippen LogP contribution in [-0.2, 0) is 13.1 Å². The Morgan fingerprint density at radius 1 is 1.22 bits per heavy atom. The lowest BCUT2D eigenvalue weighted by molar-refractivity contribution is 0.164. The van der Waals surface area contributed by atoms with E-state index in [1.165, 1.54) is 17.5 Å². The summed E-state index contributed by atoms with van der Waals surface area (Å²) in [5, 5.41) is 4.43. The van der Waals surface area contributed by atoms with Crippen LogP contribution in [0.1, 0.15) is 30.0 Å². The number of aromatic nitrogens is 3. The highest BCUT2D eigenvalue weighted by Crippen LogP contribution is 2.33. The molecule has 0 N–H and O–H groups in total. The third kappa shape index (κ3) is 2.47. The first-order valence-corrected chi connectivity index (χ1v) is 8.06. The van der Waals surface area contributed by atoms with Crippen LogP contribution in [0.5, 0.6) is 0 Å². The van der Waals surface area contributed by atoms with Crippen LogP contribution in [0.3, 0.4) is 0 Å². The van der Waals surface area contributed by atoms with Crippen LogP contribution in [0.25, 0.3) is 5.65 Å². The van der Waals surface area contributed by atoms with Crippen LogP contribution in [0, 0.1) is 0 Å². The van der Waals surface area contributed by atoms with E-state index >= 15 is 0 Å². The first-order valence-electron chi connectivity index (χ1n) is 8.06. The normalized spacial score (nSPS) is 17.6. The van der Waals surface area contributed by atoms with Crippen molar-refractivity contribution in [2.75, 3.05) is 7.05 Å². The molecule has 0 saturated heterocycles. The summed E-state index contributed by atoms with van der Waals surface area (Å²) in [7, 11) is 2.07. The molecule has 118 valence electrons. The zero-order valence-corrected chi connectivity index (χ0v) is 13.2. The largest absolute Gasteiger partial charge is 0.351 e. The quantitative estimate of drug-likeness (QED) is 0.746. The van der Waals surface area contributed by atoms with Gasteiger partial charge in [-0.15, -0.1) is 5.10 Å². The first-order chi connectivity index (χ1) is 11.2. The highest BCUT2D eigenvalue weighted by atomic mass is 16.2. The fraction of sp³-hybridized carbons (Fsp3) is 0.333. The Kier molecular flexibility index (Phi) is 3.50. The third-order valence-corrected chi connectivity index (χ3v) is 4.72. The van der Waals surface area contributed by atoms with Gasteiger partial charge in [0.05, 0.1) is 6.67 Å². The molecule has 1 aromatic carbocycles. The Labute approximate surface area is 134 Å². The Hall–Kier alpha value is -2.40. The molecule has 0 amide bonds. The van der Waals surface area contributed by atoms with E-state index in [9.17, 15) is 4.79 Å². The van der Waals surface area contributed by atoms with Gasteiger partial charge in [-0.1, -0.05) is 30.3 Å². The van der Waals surface area contributed by atoms with Crippen LogP contribution in [0.2, 0.25) is 0 Å². The second-order valence-corrected chi connectivity index (χ2v) is 6.22. The summed E-state index contributed by atoms with van der Waals surface area (Å²) in [4.78, 5) is 14.7. The van der Waals surface area contributed by atoms with Crippen molar-refractivity contribution in [3.8, 4) is 0 Å². The van der Waals surface area contributed by atoms with Crippen LogP contribution in [0.15, 0.2) is 53.5 Å². The minimum atomic E-state index is -0.0865. The maximum Gasteiger partial charge on any atom is 0.351 e. The predicted molar refractivity (Wildman–Crippen MR) is 89.3 cm³/mol. The van der Waals surface area contributed by atoms with Gasteiger partial charge in [-0.05, 0) is 49.6 Å². The summed E-state index contributed by atoms with van der Waals surface area (Å²) in [6.07, 6.45) is 5.22. The molecule has 2 aromatic heterocycles. The molecule has 4 rings (SSSR count). The van der Waals surface area contributed by atoms with Gasteiger partial charge in [0.1, 0.15) is 0 Å². The molecule has 0 aliphatic heterocycles. The van der Waals surface area contributed by atoms with Crippen LogP contribution in [-0.4, -0.2) is 26.1 Å². The Bertz CT molecular complexity index is 895. The molecule has 1 aliphatic carbocycles. The number of rotatable bonds is 3. The molecule has 5 heteroatoms. The van der Waals surface area contributed by atoms with Crippen LogP contribution < -0.4 is 5.69 Å². The van der Waals surface area contributed by atoms with E-state index in [1.807, 2.05) is 18.2 Å². The molecule has 0 bridgehead atoms. The molecular formula is C18H20N4O. The number of fused-ring (bicyclic) bond motifs is 2. The molecule has 0 saturated carbocycles. The average Bonchev–Trinajstić information content (AvgIpc) is 2.90. The standard InChI is InChI=1S/C18H20N4O/c1-20(16-10-6-8-14-7-2-3-9-15(14)16)13-22-18(23)21-12-5-4-11-17(21)19-22/h2-5,7,9,11-12,16H,6,8,10,13H2,1H3/t16-/m1/s1. The van der Waals surface area contributed by atoms with Gasteiger partial charge < -0.3 is 0 Å². The highest BCUT2D eigenvalue weighted by Gasteiger charge is 2.24. The van der Waals surface area contributed by atoms with E-state index < -0.39 is 0 Å². The maximum absolute atomic E-state index is 12.4. The zero-order valence-electron chi connectivity index (χ0n) is 13.2. The van der Waals surface area contributed by atoms with E-state index in [0.717, 1.165) is 12.8 Å². The van der Waals surface area contributed by atoms with Crippen molar-refractivity contribution in [3.05, 3.63) is 70.3 Å². The summed E-state index contributed by atoms with van der Waals surface area (Å²) in [6, 6.07) is 14.6. The maximum atomic E-state index is 12.4. The molecule has 2 heterocycles. The predicted octanol–water partition coefficient (Wildman–Crippen LogP) is 2.46. The lowest BCUT2D eigenvalue weighted by Gasteiger charge is -2.32. The van der Waals surface area contributed by atoms with Gasteiger partial charge in [0, 0.05) is 12.2 Å². The fourth-order valence-electron chi connectivity index (χ4n) is 3.56. The smallest absolute Gasteiger partial charge is 0.280 e. The van der Waals surface area contributed by atoms with E-state index in [2.05, 4.69) is 41.3 Å². The second-order valence-electron chi connectivity index (χ2n) is 6.22. The van der Waals surface area contributed by atoms with E-state index in [4.69, 9.17) is 0 Å². The molecular weight excluding hydrogens is 288 g/mol. The minimum Gasteiger partial charge on any atom is -0.280 e. The number of nitrogens with zero attached hydrogens (tertiary/aromatic N) is 4. The molecule has 5 nitrogen and oxygen atoms in total. The van der Waals surface area contributed by atoms with Gasteiger partial charge >= 0.3 is 5.69 Å². The Morgan fingerprint density at radius 2 is 2.04 bits per heavy atom. The topological polar surface area (TPSA) is 42.5 Å². The van der Waals surface area contributed by atoms with Crippen LogP contribution in [0.4, 0.5) is 0 Å². The summed E-state index contributed by atoms with van der Waals surface area (Å²) >= 11 is 0. The highest BCUT2D eigenvalue weighted by molar-refractivity contribution is 5.35. The number of hydrogen-bond acceptors (Lipinski definition) is 3. The van der Waals surface area contributed by atoms with Crippen molar-refractivity contribution in [2.24, 2.45) is 0 Å². The summed E-state index contributed by atoms with van der Waals surface area (Å²) in [5.74, 6) is 0. The molecule has 1 aliphatic rings. The van der Waals surface area contributed by atoms with E-state index in [1.54, 1.807) is 15.3 Å². The fourth-order valence-corrected chi connectivity index (χ4v) is 3.56. The van der Waals surface area contributed by atoms with E-state index in [-0.39, 0.29) is 5.69 Å². The number of pyridine rings is 1. The van der Waals surface area contributed by atoms with Crippen molar-refractivity contribution in [1.82, 2.24) is 19.1 Å². The molecule has 23 heavy (non-hydrogen) atoms. The SMILES string of the molecule is CN(Cn1nc2ccccn2c1=O)[C@@H]1CCCc2ccccc21. The lowest BCUT2D eigenvalue weighted by atomic mass is 9.87. The minimum absolute atomic E-state index is 0.0865. The summed E-state index contributed by atoms with van der Waals surface area (Å²) in [6.45, 7) is 0.500. The number of benzene rings is 1. The van der Waals surface area contributed by atoms with Gasteiger partial charge in [-0.3, -0.25) is 9.30 Å². The van der Waals surface area contributed by atoms with Gasteiger partial charge in [0.25, 0.3) is 0 Å². The molecule has 0 unspecified atom stereocenters. The molecule has 0 fully saturated rings. The third-order valence-electron chi connectivity index (χ3n) is 4.72. The van der Waals surface area contributed by atoms with Crippen molar-refractivity contribution in [1.29, 1.82) is 0 Å². The van der Waals surface area contributed by atoms with Gasteiger partial charge in [-0.2, -0.15) is 4.68 Å². The van der Waals surface area contributed by atoms with E-state index in [0.29, 0.717) is 18.4 Å². The van der Waals surface area contributed by atoms with Crippen molar-refractivity contribution in [3.63, 3.8) is 0 Å². The molecule has 1 atom stereocenters. The summed E-state index contributed by atoms with van der Waals surface area (Å²) < 4.78 is 3.13. The van der Waals surface area contributed by atoms with Crippen LogP contribution >= 0.6 is 0 Å². The van der Waals surface area contributed by atoms with Crippen molar-refractivity contribution >= 4 is 5.65 Å². The lowest BCUT2D eigenvalue weighted by Crippen LogP contribution is -2.34. The van der Waals surface area contributed by atoms with Gasteiger partial charge in [0.15, 0.2) is 5.65 Å².